The molecule has 0 radical (unpaired) electrons. The number of hydrogen-bond acceptors (Lipinski definition) is 4. The number of hydrogen-bond donors (Lipinski definition) is 1. The Kier molecular flexibility index (Phi) is 4.96. The van der Waals surface area contributed by atoms with E-state index < -0.39 is 0 Å². The lowest BCUT2D eigenvalue weighted by Gasteiger charge is -2.13. The van der Waals surface area contributed by atoms with Crippen LogP contribution in [0.4, 0.5) is 0 Å². The SMILES string of the molecule is CCOc1cc(C)ccc1OCc1n[nH]c(=S)n1-c1ccccc1. The predicted molar refractivity (Wildman–Crippen MR) is 95.4 cm³/mol. The molecule has 1 aromatic heterocycles. The van der Waals surface area contributed by atoms with E-state index >= 15 is 0 Å². The smallest absolute Gasteiger partial charge is 0.199 e. The van der Waals surface area contributed by atoms with Crippen molar-refractivity contribution in [1.29, 1.82) is 0 Å². The number of nitrogens with zero attached hydrogens (tertiary/aromatic N) is 2. The molecule has 0 saturated heterocycles. The summed E-state index contributed by atoms with van der Waals surface area (Å²) in [5, 5.41) is 7.11. The summed E-state index contributed by atoms with van der Waals surface area (Å²) in [7, 11) is 0. The molecule has 1 heterocycles. The average molecular weight is 341 g/mol. The fraction of sp³-hybridized carbons (Fsp3) is 0.222. The Morgan fingerprint density at radius 2 is 1.88 bits per heavy atom. The molecule has 6 heteroatoms. The molecule has 124 valence electrons. The van der Waals surface area contributed by atoms with E-state index in [1.165, 1.54) is 0 Å². The van der Waals surface area contributed by atoms with Crippen molar-refractivity contribution in [2.24, 2.45) is 0 Å². The molecule has 3 rings (SSSR count). The van der Waals surface area contributed by atoms with Gasteiger partial charge in [-0.2, -0.15) is 5.10 Å². The second-order valence-corrected chi connectivity index (χ2v) is 5.67. The van der Waals surface area contributed by atoms with Crippen LogP contribution >= 0.6 is 12.2 Å². The third-order valence-corrected chi connectivity index (χ3v) is 3.79. The van der Waals surface area contributed by atoms with Gasteiger partial charge in [-0.05, 0) is 55.9 Å². The zero-order valence-electron chi connectivity index (χ0n) is 13.7. The molecular weight excluding hydrogens is 322 g/mol. The molecule has 3 aromatic rings. The molecule has 2 aromatic carbocycles. The summed E-state index contributed by atoms with van der Waals surface area (Å²) >= 11 is 5.33. The van der Waals surface area contributed by atoms with E-state index in [1.54, 1.807) is 0 Å². The van der Waals surface area contributed by atoms with Crippen molar-refractivity contribution in [3.05, 3.63) is 64.7 Å². The number of aromatic nitrogens is 3. The number of ether oxygens (including phenoxy) is 2. The summed E-state index contributed by atoms with van der Waals surface area (Å²) in [4.78, 5) is 0. The van der Waals surface area contributed by atoms with Gasteiger partial charge in [0, 0.05) is 5.69 Å². The largest absolute Gasteiger partial charge is 0.490 e. The first-order valence-corrected chi connectivity index (χ1v) is 8.18. The number of H-pyrrole nitrogens is 1. The molecule has 5 nitrogen and oxygen atoms in total. The lowest BCUT2D eigenvalue weighted by molar-refractivity contribution is 0.261. The summed E-state index contributed by atoms with van der Waals surface area (Å²) in [5.74, 6) is 2.13. The normalized spacial score (nSPS) is 10.6. The molecule has 0 spiro atoms. The minimum atomic E-state index is 0.283. The summed E-state index contributed by atoms with van der Waals surface area (Å²) in [5.41, 5.74) is 2.07. The highest BCUT2D eigenvalue weighted by atomic mass is 32.1. The van der Waals surface area contributed by atoms with Crippen LogP contribution in [0.2, 0.25) is 0 Å². The maximum atomic E-state index is 5.93. The molecule has 0 aliphatic rings. The number of para-hydroxylation sites is 1. The van der Waals surface area contributed by atoms with E-state index in [0.717, 1.165) is 17.0 Å². The van der Waals surface area contributed by atoms with Gasteiger partial charge in [0.1, 0.15) is 6.61 Å². The Balaban J connectivity index is 1.85. The molecule has 0 unspecified atom stereocenters. The maximum absolute atomic E-state index is 5.93. The van der Waals surface area contributed by atoms with Gasteiger partial charge in [0.2, 0.25) is 0 Å². The predicted octanol–water partition coefficient (Wildman–Crippen LogP) is 4.22. The Hall–Kier alpha value is -2.60. The first-order chi connectivity index (χ1) is 11.7. The van der Waals surface area contributed by atoms with Crippen LogP contribution in [0.15, 0.2) is 48.5 Å². The van der Waals surface area contributed by atoms with Crippen LogP contribution in [-0.4, -0.2) is 21.4 Å². The van der Waals surface area contributed by atoms with E-state index in [9.17, 15) is 0 Å². The number of rotatable bonds is 6. The Morgan fingerprint density at radius 1 is 1.08 bits per heavy atom. The van der Waals surface area contributed by atoms with Crippen molar-refractivity contribution in [2.75, 3.05) is 6.61 Å². The zero-order valence-corrected chi connectivity index (χ0v) is 14.5. The minimum absolute atomic E-state index is 0.283. The second-order valence-electron chi connectivity index (χ2n) is 5.29. The summed E-state index contributed by atoms with van der Waals surface area (Å²) in [6, 6.07) is 15.7. The molecule has 0 fully saturated rings. The lowest BCUT2D eigenvalue weighted by Crippen LogP contribution is -2.06. The standard InChI is InChI=1S/C18H19N3O2S/c1-3-22-16-11-13(2)9-10-15(16)23-12-17-19-20-18(24)21(17)14-7-5-4-6-8-14/h4-11H,3,12H2,1-2H3,(H,20,24). The molecule has 0 atom stereocenters. The topological polar surface area (TPSA) is 52.1 Å². The van der Waals surface area contributed by atoms with Crippen LogP contribution in [0.5, 0.6) is 11.5 Å². The van der Waals surface area contributed by atoms with Crippen molar-refractivity contribution < 1.29 is 9.47 Å². The maximum Gasteiger partial charge on any atom is 0.199 e. The highest BCUT2D eigenvalue weighted by Crippen LogP contribution is 2.29. The lowest BCUT2D eigenvalue weighted by atomic mass is 10.2. The number of aromatic amines is 1. The van der Waals surface area contributed by atoms with Gasteiger partial charge >= 0.3 is 0 Å². The number of nitrogens with one attached hydrogen (secondary N) is 1. The number of aryl methyl sites for hydroxylation is 1. The molecule has 0 saturated carbocycles. The van der Waals surface area contributed by atoms with Crippen LogP contribution in [-0.2, 0) is 6.61 Å². The summed E-state index contributed by atoms with van der Waals surface area (Å²) < 4.78 is 14.0. The van der Waals surface area contributed by atoms with E-state index in [2.05, 4.69) is 10.2 Å². The zero-order chi connectivity index (χ0) is 16.9. The first-order valence-electron chi connectivity index (χ1n) is 7.77. The van der Waals surface area contributed by atoms with Crippen molar-refractivity contribution >= 4 is 12.2 Å². The van der Waals surface area contributed by atoms with Crippen molar-refractivity contribution in [3.8, 4) is 17.2 Å². The van der Waals surface area contributed by atoms with Gasteiger partial charge in [-0.15, -0.1) is 0 Å². The second kappa shape index (κ2) is 7.31. The monoisotopic (exact) mass is 341 g/mol. The fourth-order valence-corrected chi connectivity index (χ4v) is 2.67. The van der Waals surface area contributed by atoms with E-state index in [4.69, 9.17) is 21.7 Å². The van der Waals surface area contributed by atoms with Gasteiger partial charge < -0.3 is 9.47 Å². The fourth-order valence-electron chi connectivity index (χ4n) is 2.41. The van der Waals surface area contributed by atoms with Crippen molar-refractivity contribution in [1.82, 2.24) is 14.8 Å². The minimum Gasteiger partial charge on any atom is -0.490 e. The molecule has 0 bridgehead atoms. The van der Waals surface area contributed by atoms with Gasteiger partial charge in [0.15, 0.2) is 22.1 Å². The Bertz CT molecular complexity index is 871. The van der Waals surface area contributed by atoms with Gasteiger partial charge in [-0.25, -0.2) is 0 Å². The highest BCUT2D eigenvalue weighted by molar-refractivity contribution is 7.71. The van der Waals surface area contributed by atoms with Gasteiger partial charge in [-0.3, -0.25) is 9.67 Å². The highest BCUT2D eigenvalue weighted by Gasteiger charge is 2.11. The van der Waals surface area contributed by atoms with Crippen molar-refractivity contribution in [2.45, 2.75) is 20.5 Å². The third-order valence-electron chi connectivity index (χ3n) is 3.51. The average Bonchev–Trinajstić information content (AvgIpc) is 2.96. The third kappa shape index (κ3) is 3.49. The van der Waals surface area contributed by atoms with Crippen LogP contribution in [0.1, 0.15) is 18.3 Å². The van der Waals surface area contributed by atoms with Crippen LogP contribution < -0.4 is 9.47 Å². The van der Waals surface area contributed by atoms with Gasteiger partial charge in [0.05, 0.1) is 6.61 Å². The van der Waals surface area contributed by atoms with Crippen LogP contribution in [0.25, 0.3) is 5.69 Å². The van der Waals surface area contributed by atoms with Gasteiger partial charge in [-0.1, -0.05) is 24.3 Å². The van der Waals surface area contributed by atoms with Gasteiger partial charge in [0.25, 0.3) is 0 Å². The molecular formula is C18H19N3O2S. The van der Waals surface area contributed by atoms with Crippen LogP contribution in [0.3, 0.4) is 0 Å². The van der Waals surface area contributed by atoms with Crippen molar-refractivity contribution in [3.63, 3.8) is 0 Å². The van der Waals surface area contributed by atoms with E-state index in [-0.39, 0.29) is 6.61 Å². The summed E-state index contributed by atoms with van der Waals surface area (Å²) in [6.07, 6.45) is 0. The molecule has 0 amide bonds. The quantitative estimate of drug-likeness (QED) is 0.682. The molecule has 0 aliphatic carbocycles. The Morgan fingerprint density at radius 3 is 2.62 bits per heavy atom. The summed E-state index contributed by atoms with van der Waals surface area (Å²) in [6.45, 7) is 4.84. The number of benzene rings is 2. The molecule has 1 N–H and O–H groups in total. The molecule has 24 heavy (non-hydrogen) atoms. The van der Waals surface area contributed by atoms with Crippen LogP contribution in [0, 0.1) is 11.7 Å². The first kappa shape index (κ1) is 16.3. The van der Waals surface area contributed by atoms with E-state index in [0.29, 0.717) is 23.0 Å². The Labute approximate surface area is 145 Å². The molecule has 0 aliphatic heterocycles. The van der Waals surface area contributed by atoms with E-state index in [1.807, 2.05) is 66.9 Å².